The van der Waals surface area contributed by atoms with Gasteiger partial charge in [0, 0.05) is 25.0 Å². The van der Waals surface area contributed by atoms with Crippen LogP contribution in [0.4, 0.5) is 4.79 Å². The van der Waals surface area contributed by atoms with Gasteiger partial charge in [-0.2, -0.15) is 0 Å². The molecule has 1 aliphatic rings. The van der Waals surface area contributed by atoms with Gasteiger partial charge in [-0.15, -0.1) is 12.3 Å². The van der Waals surface area contributed by atoms with Crippen LogP contribution in [0.3, 0.4) is 0 Å². The second kappa shape index (κ2) is 12.3. The molecule has 0 aromatic heterocycles. The summed E-state index contributed by atoms with van der Waals surface area (Å²) in [6.45, 7) is 7.73. The molecule has 0 saturated heterocycles. The molecule has 7 nitrogen and oxygen atoms in total. The van der Waals surface area contributed by atoms with Gasteiger partial charge in [0.25, 0.3) is 5.91 Å². The van der Waals surface area contributed by atoms with Crippen LogP contribution in [0, 0.1) is 18.3 Å². The third-order valence-corrected chi connectivity index (χ3v) is 4.82. The van der Waals surface area contributed by atoms with E-state index in [2.05, 4.69) is 11.2 Å². The fourth-order valence-electron chi connectivity index (χ4n) is 3.30. The van der Waals surface area contributed by atoms with E-state index in [0.29, 0.717) is 38.0 Å². The highest BCUT2D eigenvalue weighted by Crippen LogP contribution is 2.27. The van der Waals surface area contributed by atoms with Gasteiger partial charge < -0.3 is 14.8 Å². The summed E-state index contributed by atoms with van der Waals surface area (Å²) >= 11 is 0. The number of nitrogens with one attached hydrogen (secondary N) is 1. The molecule has 0 radical (unpaired) electrons. The van der Waals surface area contributed by atoms with Gasteiger partial charge >= 0.3 is 6.09 Å². The molecule has 0 aliphatic carbocycles. The van der Waals surface area contributed by atoms with Crippen molar-refractivity contribution in [2.75, 3.05) is 13.7 Å². The van der Waals surface area contributed by atoms with Crippen molar-refractivity contribution in [3.05, 3.63) is 11.8 Å². The first-order chi connectivity index (χ1) is 14.1. The lowest BCUT2D eigenvalue weighted by atomic mass is 10.00. The summed E-state index contributed by atoms with van der Waals surface area (Å²) in [6.07, 6.45) is 11.3. The second-order valence-corrected chi connectivity index (χ2v) is 8.59. The van der Waals surface area contributed by atoms with E-state index in [1.165, 1.54) is 18.1 Å². The average Bonchev–Trinajstić information content (AvgIpc) is 2.98. The van der Waals surface area contributed by atoms with Crippen LogP contribution in [0.1, 0.15) is 72.6 Å². The third-order valence-electron chi connectivity index (χ3n) is 4.82. The number of hydrogen-bond donors (Lipinski definition) is 1. The molecule has 30 heavy (non-hydrogen) atoms. The van der Waals surface area contributed by atoms with E-state index < -0.39 is 17.7 Å². The SMILES string of the molecule is C#CCCCC[C@@H](C)C(=O)N1C(=O)C=C(OC)[C@@H]1CCCCNC(=O)OC(C)(C)C. The number of amides is 3. The number of ether oxygens (including phenoxy) is 2. The molecule has 1 rings (SSSR count). The van der Waals surface area contributed by atoms with Crippen LogP contribution in [-0.4, -0.2) is 48.1 Å². The van der Waals surface area contributed by atoms with Crippen LogP contribution in [0.15, 0.2) is 11.8 Å². The average molecular weight is 421 g/mol. The molecule has 0 fully saturated rings. The smallest absolute Gasteiger partial charge is 0.407 e. The summed E-state index contributed by atoms with van der Waals surface area (Å²) in [4.78, 5) is 38.4. The number of unbranched alkanes of at least 4 members (excludes halogenated alkanes) is 3. The van der Waals surface area contributed by atoms with Crippen LogP contribution in [0.5, 0.6) is 0 Å². The summed E-state index contributed by atoms with van der Waals surface area (Å²) < 4.78 is 10.6. The number of methoxy groups -OCH3 is 1. The summed E-state index contributed by atoms with van der Waals surface area (Å²) in [6, 6.07) is -0.398. The summed E-state index contributed by atoms with van der Waals surface area (Å²) in [5, 5.41) is 2.72. The summed E-state index contributed by atoms with van der Waals surface area (Å²) in [7, 11) is 1.51. The van der Waals surface area contributed by atoms with Gasteiger partial charge in [0.05, 0.1) is 13.2 Å². The van der Waals surface area contributed by atoms with Crippen molar-refractivity contribution >= 4 is 17.9 Å². The number of imide groups is 1. The first kappa shape index (κ1) is 25.5. The molecule has 1 heterocycles. The Bertz CT molecular complexity index is 672. The minimum absolute atomic E-state index is 0.180. The molecule has 1 N–H and O–H groups in total. The predicted molar refractivity (Wildman–Crippen MR) is 115 cm³/mol. The van der Waals surface area contributed by atoms with Crippen molar-refractivity contribution in [1.29, 1.82) is 0 Å². The summed E-state index contributed by atoms with van der Waals surface area (Å²) in [5.74, 6) is 2.34. The van der Waals surface area contributed by atoms with Gasteiger partial charge in [0.2, 0.25) is 5.91 Å². The highest BCUT2D eigenvalue weighted by atomic mass is 16.6. The first-order valence-corrected chi connectivity index (χ1v) is 10.6. The molecule has 1 aliphatic heterocycles. The van der Waals surface area contributed by atoms with Gasteiger partial charge in [0.1, 0.15) is 11.4 Å². The lowest BCUT2D eigenvalue weighted by Gasteiger charge is -2.27. The second-order valence-electron chi connectivity index (χ2n) is 8.59. The standard InChI is InChI=1S/C23H36N2O5/c1-7-8-9-10-13-17(2)21(27)25-18(19(29-6)16-20(25)26)14-11-12-15-24-22(28)30-23(3,4)5/h1,16-18H,8-15H2,2-6H3,(H,24,28)/t17-,18+/m1/s1. The van der Waals surface area contributed by atoms with Gasteiger partial charge in [-0.1, -0.05) is 13.3 Å². The Balaban J connectivity index is 2.55. The minimum Gasteiger partial charge on any atom is -0.499 e. The van der Waals surface area contributed by atoms with E-state index >= 15 is 0 Å². The molecular weight excluding hydrogens is 384 g/mol. The van der Waals surface area contributed by atoms with Crippen molar-refractivity contribution in [3.8, 4) is 12.3 Å². The zero-order valence-corrected chi connectivity index (χ0v) is 19.0. The number of hydrogen-bond acceptors (Lipinski definition) is 5. The van der Waals surface area contributed by atoms with Gasteiger partial charge in [-0.3, -0.25) is 14.5 Å². The quantitative estimate of drug-likeness (QED) is 0.406. The maximum Gasteiger partial charge on any atom is 0.407 e. The fraction of sp³-hybridized carbons (Fsp3) is 0.696. The Morgan fingerprint density at radius 2 is 1.97 bits per heavy atom. The highest BCUT2D eigenvalue weighted by molar-refractivity contribution is 6.04. The van der Waals surface area contributed by atoms with Crippen molar-refractivity contribution in [2.24, 2.45) is 5.92 Å². The number of carbonyl (C=O) groups excluding carboxylic acids is 3. The minimum atomic E-state index is -0.537. The zero-order chi connectivity index (χ0) is 22.7. The molecule has 0 spiro atoms. The van der Waals surface area contributed by atoms with Crippen molar-refractivity contribution in [2.45, 2.75) is 84.3 Å². The number of carbonyl (C=O) groups is 3. The first-order valence-electron chi connectivity index (χ1n) is 10.6. The van der Waals surface area contributed by atoms with Crippen LogP contribution in [-0.2, 0) is 19.1 Å². The number of alkyl carbamates (subject to hydrolysis) is 1. The van der Waals surface area contributed by atoms with Gasteiger partial charge in [-0.25, -0.2) is 4.79 Å². The van der Waals surface area contributed by atoms with Crippen LogP contribution >= 0.6 is 0 Å². The topological polar surface area (TPSA) is 84.9 Å². The van der Waals surface area contributed by atoms with Gasteiger partial charge in [0.15, 0.2) is 0 Å². The Labute approximate surface area is 180 Å². The molecule has 2 atom stereocenters. The van der Waals surface area contributed by atoms with E-state index in [-0.39, 0.29) is 17.7 Å². The van der Waals surface area contributed by atoms with Gasteiger partial charge in [-0.05, 0) is 52.9 Å². The molecule has 7 heteroatoms. The molecule has 0 bridgehead atoms. The Kier molecular flexibility index (Phi) is 10.4. The van der Waals surface area contributed by atoms with E-state index in [4.69, 9.17) is 15.9 Å². The molecule has 0 aromatic carbocycles. The Hall–Kier alpha value is -2.49. The lowest BCUT2D eigenvalue weighted by Crippen LogP contribution is -2.43. The number of rotatable bonds is 11. The molecule has 168 valence electrons. The maximum atomic E-state index is 12.9. The molecular formula is C23H36N2O5. The van der Waals surface area contributed by atoms with Crippen molar-refractivity contribution in [1.82, 2.24) is 10.2 Å². The number of terminal acetylenes is 1. The summed E-state index contributed by atoms with van der Waals surface area (Å²) in [5.41, 5.74) is -0.537. The normalized spacial score (nSPS) is 17.2. The van der Waals surface area contributed by atoms with E-state index in [1.54, 1.807) is 0 Å². The van der Waals surface area contributed by atoms with Crippen molar-refractivity contribution in [3.63, 3.8) is 0 Å². The largest absolute Gasteiger partial charge is 0.499 e. The van der Waals surface area contributed by atoms with E-state index in [9.17, 15) is 14.4 Å². The molecule has 0 saturated carbocycles. The Morgan fingerprint density at radius 1 is 1.27 bits per heavy atom. The highest BCUT2D eigenvalue weighted by Gasteiger charge is 2.39. The third kappa shape index (κ3) is 8.48. The van der Waals surface area contributed by atoms with Crippen LogP contribution in [0.25, 0.3) is 0 Å². The zero-order valence-electron chi connectivity index (χ0n) is 19.0. The molecule has 3 amide bonds. The fourth-order valence-corrected chi connectivity index (χ4v) is 3.30. The van der Waals surface area contributed by atoms with Crippen molar-refractivity contribution < 1.29 is 23.9 Å². The molecule has 0 aromatic rings. The lowest BCUT2D eigenvalue weighted by molar-refractivity contribution is -0.146. The van der Waals surface area contributed by atoms with E-state index in [1.807, 2.05) is 27.7 Å². The van der Waals surface area contributed by atoms with Crippen LogP contribution < -0.4 is 5.32 Å². The Morgan fingerprint density at radius 3 is 2.57 bits per heavy atom. The molecule has 0 unspecified atom stereocenters. The monoisotopic (exact) mass is 420 g/mol. The van der Waals surface area contributed by atoms with E-state index in [0.717, 1.165) is 19.3 Å². The van der Waals surface area contributed by atoms with Crippen LogP contribution in [0.2, 0.25) is 0 Å². The predicted octanol–water partition coefficient (Wildman–Crippen LogP) is 3.78. The number of nitrogens with zero attached hydrogens (tertiary/aromatic N) is 1. The maximum absolute atomic E-state index is 12.9.